The molecule has 0 amide bonds. The minimum absolute atomic E-state index is 0.0288. The third kappa shape index (κ3) is 1.69. The smallest absolute Gasteiger partial charge is 0.175 e. The van der Waals surface area contributed by atoms with E-state index in [9.17, 15) is 0 Å². The zero-order chi connectivity index (χ0) is 10.1. The van der Waals surface area contributed by atoms with E-state index in [2.05, 4.69) is 20.9 Å². The van der Waals surface area contributed by atoms with E-state index >= 15 is 0 Å². The number of nitrogens with two attached hydrogens (primary N) is 1. The van der Waals surface area contributed by atoms with Gasteiger partial charge in [-0.2, -0.15) is 0 Å². The lowest BCUT2D eigenvalue weighted by Crippen LogP contribution is -2.37. The molecule has 2 rings (SSSR count). The number of aromatic nitrogens is 1. The summed E-state index contributed by atoms with van der Waals surface area (Å²) < 4.78 is 6.51. The highest BCUT2D eigenvalue weighted by Crippen LogP contribution is 2.34. The molecule has 1 aliphatic rings. The van der Waals surface area contributed by atoms with Crippen molar-refractivity contribution in [3.05, 3.63) is 16.7 Å². The Balaban J connectivity index is 2.43. The van der Waals surface area contributed by atoms with Crippen LogP contribution in [0.2, 0.25) is 0 Å². The van der Waals surface area contributed by atoms with Crippen molar-refractivity contribution in [2.75, 3.05) is 25.1 Å². The summed E-state index contributed by atoms with van der Waals surface area (Å²) in [5.74, 6) is 1.62. The van der Waals surface area contributed by atoms with Gasteiger partial charge in [0.25, 0.3) is 0 Å². The van der Waals surface area contributed by atoms with Crippen molar-refractivity contribution in [1.29, 1.82) is 0 Å². The van der Waals surface area contributed by atoms with Crippen LogP contribution in [0.5, 0.6) is 5.75 Å². The lowest BCUT2D eigenvalue weighted by molar-refractivity contribution is 0.298. The zero-order valence-electron chi connectivity index (χ0n) is 7.90. The largest absolute Gasteiger partial charge is 0.487 e. The van der Waals surface area contributed by atoms with Crippen LogP contribution in [0.3, 0.4) is 0 Å². The average Bonchev–Trinajstić information content (AvgIpc) is 2.28. The quantitative estimate of drug-likeness (QED) is 0.754. The highest BCUT2D eigenvalue weighted by atomic mass is 79.9. The van der Waals surface area contributed by atoms with E-state index in [4.69, 9.17) is 10.5 Å². The molecule has 1 unspecified atom stereocenters. The second-order valence-electron chi connectivity index (χ2n) is 3.40. The minimum Gasteiger partial charge on any atom is -0.487 e. The number of hydrogen-bond acceptors (Lipinski definition) is 4. The van der Waals surface area contributed by atoms with Crippen LogP contribution in [0, 0.1) is 0 Å². The predicted molar refractivity (Wildman–Crippen MR) is 58.7 cm³/mol. The van der Waals surface area contributed by atoms with Crippen LogP contribution < -0.4 is 15.4 Å². The van der Waals surface area contributed by atoms with Gasteiger partial charge in [-0.1, -0.05) is 0 Å². The molecule has 0 saturated heterocycles. The molecule has 5 heteroatoms. The van der Waals surface area contributed by atoms with Crippen molar-refractivity contribution in [1.82, 2.24) is 4.98 Å². The van der Waals surface area contributed by atoms with E-state index < -0.39 is 0 Å². The second kappa shape index (κ2) is 3.74. The highest BCUT2D eigenvalue weighted by Gasteiger charge is 2.20. The molecule has 0 saturated carbocycles. The van der Waals surface area contributed by atoms with Gasteiger partial charge in [0, 0.05) is 19.8 Å². The number of likely N-dealkylation sites (N-methyl/N-ethyl adjacent to an activating group) is 1. The van der Waals surface area contributed by atoms with Crippen LogP contribution in [0.1, 0.15) is 0 Å². The molecule has 76 valence electrons. The SMILES string of the molecule is CN1CC(N)COc2c(Br)ccnc21. The van der Waals surface area contributed by atoms with Gasteiger partial charge in [0.2, 0.25) is 0 Å². The molecule has 1 aliphatic heterocycles. The van der Waals surface area contributed by atoms with Gasteiger partial charge in [0.05, 0.1) is 10.5 Å². The fourth-order valence-corrected chi connectivity index (χ4v) is 1.91. The number of hydrogen-bond donors (Lipinski definition) is 1. The normalized spacial score (nSPS) is 21.1. The van der Waals surface area contributed by atoms with E-state index in [0.29, 0.717) is 6.61 Å². The van der Waals surface area contributed by atoms with Gasteiger partial charge in [0.1, 0.15) is 6.61 Å². The Morgan fingerprint density at radius 2 is 2.50 bits per heavy atom. The number of fused-ring (bicyclic) bond motifs is 1. The molecular weight excluding hydrogens is 246 g/mol. The van der Waals surface area contributed by atoms with Crippen molar-refractivity contribution in [3.63, 3.8) is 0 Å². The van der Waals surface area contributed by atoms with Crippen LogP contribution in [0.15, 0.2) is 16.7 Å². The fraction of sp³-hybridized carbons (Fsp3) is 0.444. The first-order valence-electron chi connectivity index (χ1n) is 4.42. The molecule has 1 aromatic rings. The van der Waals surface area contributed by atoms with Gasteiger partial charge in [-0.25, -0.2) is 4.98 Å². The van der Waals surface area contributed by atoms with Gasteiger partial charge in [-0.05, 0) is 22.0 Å². The molecule has 0 spiro atoms. The van der Waals surface area contributed by atoms with E-state index in [0.717, 1.165) is 22.6 Å². The molecular formula is C9H12BrN3O. The topological polar surface area (TPSA) is 51.4 Å². The molecule has 0 aromatic carbocycles. The first-order valence-corrected chi connectivity index (χ1v) is 5.22. The molecule has 2 heterocycles. The van der Waals surface area contributed by atoms with Crippen molar-refractivity contribution in [3.8, 4) is 5.75 Å². The molecule has 2 N–H and O–H groups in total. The summed E-state index contributed by atoms with van der Waals surface area (Å²) in [6.07, 6.45) is 1.75. The summed E-state index contributed by atoms with van der Waals surface area (Å²) in [5.41, 5.74) is 5.84. The lowest BCUT2D eigenvalue weighted by Gasteiger charge is -2.18. The molecule has 0 radical (unpaired) electrons. The molecule has 14 heavy (non-hydrogen) atoms. The molecule has 4 nitrogen and oxygen atoms in total. The van der Waals surface area contributed by atoms with Crippen molar-refractivity contribution in [2.24, 2.45) is 5.73 Å². The maximum atomic E-state index is 5.84. The van der Waals surface area contributed by atoms with Crippen molar-refractivity contribution >= 4 is 21.7 Å². The van der Waals surface area contributed by atoms with Crippen molar-refractivity contribution in [2.45, 2.75) is 6.04 Å². The van der Waals surface area contributed by atoms with Crippen molar-refractivity contribution < 1.29 is 4.74 Å². The third-order valence-electron chi connectivity index (χ3n) is 2.15. The van der Waals surface area contributed by atoms with Crippen LogP contribution in [0.4, 0.5) is 5.82 Å². The number of pyridine rings is 1. The molecule has 1 atom stereocenters. The Morgan fingerprint density at radius 1 is 1.71 bits per heavy atom. The molecule has 1 aromatic heterocycles. The Kier molecular flexibility index (Phi) is 2.60. The highest BCUT2D eigenvalue weighted by molar-refractivity contribution is 9.10. The Hall–Kier alpha value is -0.810. The minimum atomic E-state index is 0.0288. The summed E-state index contributed by atoms with van der Waals surface area (Å²) in [5, 5.41) is 0. The molecule has 0 fully saturated rings. The molecule has 0 bridgehead atoms. The predicted octanol–water partition coefficient (Wildman–Crippen LogP) is 1.000. The summed E-state index contributed by atoms with van der Waals surface area (Å²) in [7, 11) is 1.97. The molecule has 0 aliphatic carbocycles. The zero-order valence-corrected chi connectivity index (χ0v) is 9.49. The van der Waals surface area contributed by atoms with E-state index in [-0.39, 0.29) is 6.04 Å². The van der Waals surface area contributed by atoms with Gasteiger partial charge < -0.3 is 15.4 Å². The number of ether oxygens (including phenoxy) is 1. The maximum absolute atomic E-state index is 5.84. The summed E-state index contributed by atoms with van der Waals surface area (Å²) >= 11 is 3.43. The van der Waals surface area contributed by atoms with Gasteiger partial charge in [0.15, 0.2) is 11.6 Å². The number of halogens is 1. The number of anilines is 1. The van der Waals surface area contributed by atoms with Gasteiger partial charge >= 0.3 is 0 Å². The summed E-state index contributed by atoms with van der Waals surface area (Å²) in [6, 6.07) is 1.89. The van der Waals surface area contributed by atoms with E-state index in [1.165, 1.54) is 0 Å². The van der Waals surface area contributed by atoms with Gasteiger partial charge in [-0.15, -0.1) is 0 Å². The lowest BCUT2D eigenvalue weighted by atomic mass is 10.3. The van der Waals surface area contributed by atoms with Crippen LogP contribution in [0.25, 0.3) is 0 Å². The summed E-state index contributed by atoms with van der Waals surface area (Å²) in [6.45, 7) is 1.29. The van der Waals surface area contributed by atoms with Crippen LogP contribution >= 0.6 is 15.9 Å². The Labute approximate surface area is 91.2 Å². The Bertz CT molecular complexity index is 345. The van der Waals surface area contributed by atoms with E-state index in [1.807, 2.05) is 18.0 Å². The first-order chi connectivity index (χ1) is 6.68. The summed E-state index contributed by atoms with van der Waals surface area (Å²) in [4.78, 5) is 6.28. The van der Waals surface area contributed by atoms with Crippen LogP contribution in [-0.2, 0) is 0 Å². The number of nitrogens with zero attached hydrogens (tertiary/aromatic N) is 2. The van der Waals surface area contributed by atoms with Gasteiger partial charge in [-0.3, -0.25) is 0 Å². The average molecular weight is 258 g/mol. The maximum Gasteiger partial charge on any atom is 0.175 e. The second-order valence-corrected chi connectivity index (χ2v) is 4.25. The number of rotatable bonds is 0. The van der Waals surface area contributed by atoms with E-state index in [1.54, 1.807) is 6.20 Å². The van der Waals surface area contributed by atoms with Crippen LogP contribution in [-0.4, -0.2) is 31.2 Å². The monoisotopic (exact) mass is 257 g/mol. The standard InChI is InChI=1S/C9H12BrN3O/c1-13-4-6(11)5-14-8-7(10)2-3-12-9(8)13/h2-3,6H,4-5,11H2,1H3. The first kappa shape index (κ1) is 9.73. The fourth-order valence-electron chi connectivity index (χ4n) is 1.50. The Morgan fingerprint density at radius 3 is 3.29 bits per heavy atom. The third-order valence-corrected chi connectivity index (χ3v) is 2.77.